The molecule has 1 N–H and O–H groups in total. The molecule has 1 aliphatic rings. The maximum atomic E-state index is 15.1. The van der Waals surface area contributed by atoms with E-state index >= 15 is 4.79 Å². The van der Waals surface area contributed by atoms with Crippen molar-refractivity contribution in [2.24, 2.45) is 14.1 Å². The second-order valence-corrected chi connectivity index (χ2v) is 14.4. The lowest BCUT2D eigenvalue weighted by molar-refractivity contribution is 0.0698. The molecule has 1 amide bonds. The lowest BCUT2D eigenvalue weighted by Crippen LogP contribution is -2.49. The standard InChI is InChI=1S/C40H41Cl2N5O4/c1-8-26-20-46-37-29(14-15-31(41)34(37)33-23(4)43-45(7)24(33)5)28(13-10-16-51-27-17-21(2)35(42)22(3)18-27)38(46)39(48)47(26)32-19-25-11-9-12-30(40(49)50)36(25)44(32)6/h9,11-12,14-15,17-19,26H,8,10,13,16,20H2,1-7H3,(H,49,50)/t26-/m1/s1. The summed E-state index contributed by atoms with van der Waals surface area (Å²) < 4.78 is 12.1. The lowest BCUT2D eigenvalue weighted by Gasteiger charge is -2.37. The summed E-state index contributed by atoms with van der Waals surface area (Å²) >= 11 is 13.5. The summed E-state index contributed by atoms with van der Waals surface area (Å²) in [5.74, 6) is 0.282. The number of carbonyl (C=O) groups excluding carboxylic acids is 1. The van der Waals surface area contributed by atoms with Crippen molar-refractivity contribution in [1.82, 2.24) is 18.9 Å². The van der Waals surface area contributed by atoms with Gasteiger partial charge in [0.15, 0.2) is 0 Å². The highest BCUT2D eigenvalue weighted by molar-refractivity contribution is 6.35. The largest absolute Gasteiger partial charge is 0.494 e. The Morgan fingerprint density at radius 2 is 1.73 bits per heavy atom. The van der Waals surface area contributed by atoms with E-state index in [9.17, 15) is 9.90 Å². The number of fused-ring (bicyclic) bond motifs is 4. The Labute approximate surface area is 306 Å². The second-order valence-electron chi connectivity index (χ2n) is 13.6. The molecule has 9 nitrogen and oxygen atoms in total. The Morgan fingerprint density at radius 3 is 2.37 bits per heavy atom. The van der Waals surface area contributed by atoms with Crippen LogP contribution in [0.2, 0.25) is 10.0 Å². The average Bonchev–Trinajstić information content (AvgIpc) is 3.69. The molecule has 11 heteroatoms. The normalized spacial score (nSPS) is 14.6. The summed E-state index contributed by atoms with van der Waals surface area (Å²) in [7, 11) is 3.76. The number of hydrogen-bond acceptors (Lipinski definition) is 4. The van der Waals surface area contributed by atoms with Crippen LogP contribution in [-0.4, -0.2) is 48.5 Å². The van der Waals surface area contributed by atoms with Gasteiger partial charge in [0, 0.05) is 53.3 Å². The number of nitrogens with zero attached hydrogens (tertiary/aromatic N) is 5. The molecule has 0 saturated heterocycles. The molecule has 1 aliphatic heterocycles. The van der Waals surface area contributed by atoms with E-state index in [4.69, 9.17) is 33.0 Å². The number of aromatic nitrogens is 4. The van der Waals surface area contributed by atoms with Gasteiger partial charge in [0.25, 0.3) is 5.91 Å². The molecule has 0 fully saturated rings. The SMILES string of the molecule is CC[C@@H]1Cn2c(c(CCCOc3cc(C)c(Cl)c(C)c3)c3ccc(Cl)c(-c4c(C)nn(C)c4C)c32)C(=O)N1c1cc2cccc(C(=O)O)c2n1C. The molecule has 3 aromatic carbocycles. The molecular weight excluding hydrogens is 685 g/mol. The molecule has 0 unspecified atom stereocenters. The van der Waals surface area contributed by atoms with Crippen LogP contribution in [0.25, 0.3) is 32.9 Å². The Bertz CT molecular complexity index is 2380. The number of aromatic carboxylic acids is 1. The third kappa shape index (κ3) is 5.58. The first kappa shape index (κ1) is 34.7. The Balaban J connectivity index is 1.39. The molecular formula is C40H41Cl2N5O4. The van der Waals surface area contributed by atoms with Crippen molar-refractivity contribution in [1.29, 1.82) is 0 Å². The van der Waals surface area contributed by atoms with E-state index in [1.54, 1.807) is 12.1 Å². The number of carbonyl (C=O) groups is 2. The van der Waals surface area contributed by atoms with Crippen LogP contribution in [0, 0.1) is 27.7 Å². The zero-order valence-electron chi connectivity index (χ0n) is 29.9. The predicted molar refractivity (Wildman–Crippen MR) is 204 cm³/mol. The number of para-hydroxylation sites is 1. The molecule has 1 atom stereocenters. The van der Waals surface area contributed by atoms with E-state index in [2.05, 4.69) is 11.5 Å². The van der Waals surface area contributed by atoms with Gasteiger partial charge in [0.2, 0.25) is 0 Å². The summed E-state index contributed by atoms with van der Waals surface area (Å²) in [5, 5.41) is 17.8. The molecule has 0 bridgehead atoms. The van der Waals surface area contributed by atoms with E-state index in [0.29, 0.717) is 54.5 Å². The van der Waals surface area contributed by atoms with Crippen molar-refractivity contribution in [2.45, 2.75) is 66.5 Å². The minimum absolute atomic E-state index is 0.131. The highest BCUT2D eigenvalue weighted by atomic mass is 35.5. The summed E-state index contributed by atoms with van der Waals surface area (Å²) in [6.07, 6.45) is 1.93. The Hall–Kier alpha value is -4.73. The summed E-state index contributed by atoms with van der Waals surface area (Å²) in [5.41, 5.74) is 8.86. The highest BCUT2D eigenvalue weighted by Crippen LogP contribution is 2.44. The van der Waals surface area contributed by atoms with E-state index in [1.165, 1.54) is 0 Å². The van der Waals surface area contributed by atoms with Crippen LogP contribution in [0.3, 0.4) is 0 Å². The lowest BCUT2D eigenvalue weighted by atomic mass is 9.98. The van der Waals surface area contributed by atoms with Gasteiger partial charge in [-0.1, -0.05) is 48.3 Å². The number of amides is 1. The molecule has 264 valence electrons. The molecule has 4 heterocycles. The third-order valence-corrected chi connectivity index (χ3v) is 11.4. The maximum Gasteiger partial charge on any atom is 0.337 e. The van der Waals surface area contributed by atoms with Gasteiger partial charge < -0.3 is 19.0 Å². The van der Waals surface area contributed by atoms with Crippen LogP contribution in [0.1, 0.15) is 68.7 Å². The number of hydrogen-bond donors (Lipinski definition) is 1. The second kappa shape index (κ2) is 13.1. The monoisotopic (exact) mass is 725 g/mol. The van der Waals surface area contributed by atoms with Crippen molar-refractivity contribution in [2.75, 3.05) is 11.5 Å². The molecule has 0 radical (unpaired) electrons. The van der Waals surface area contributed by atoms with Gasteiger partial charge in [-0.25, -0.2) is 4.79 Å². The van der Waals surface area contributed by atoms with Crippen molar-refractivity contribution in [3.05, 3.63) is 97.9 Å². The number of ether oxygens (including phenoxy) is 1. The first-order chi connectivity index (χ1) is 24.3. The third-order valence-electron chi connectivity index (χ3n) is 10.4. The number of carboxylic acids is 1. The summed E-state index contributed by atoms with van der Waals surface area (Å²) in [4.78, 5) is 29.2. The Morgan fingerprint density at radius 1 is 1.00 bits per heavy atom. The van der Waals surface area contributed by atoms with Crippen molar-refractivity contribution < 1.29 is 19.4 Å². The van der Waals surface area contributed by atoms with Crippen LogP contribution in [0.15, 0.2) is 48.5 Å². The minimum atomic E-state index is -1.01. The number of benzene rings is 3. The van der Waals surface area contributed by atoms with Gasteiger partial charge in [-0.3, -0.25) is 14.4 Å². The maximum absolute atomic E-state index is 15.1. The number of halogens is 2. The first-order valence-corrected chi connectivity index (χ1v) is 18.0. The molecule has 0 saturated carbocycles. The van der Waals surface area contributed by atoms with Crippen LogP contribution in [-0.2, 0) is 27.1 Å². The molecule has 0 spiro atoms. The fourth-order valence-electron chi connectivity index (χ4n) is 7.96. The van der Waals surface area contributed by atoms with Gasteiger partial charge in [-0.2, -0.15) is 5.10 Å². The number of aryl methyl sites for hydroxylation is 6. The fraction of sp³-hybridized carbons (Fsp3) is 0.325. The summed E-state index contributed by atoms with van der Waals surface area (Å²) in [6, 6.07) is 14.8. The molecule has 7 rings (SSSR count). The average molecular weight is 727 g/mol. The van der Waals surface area contributed by atoms with Crippen LogP contribution < -0.4 is 9.64 Å². The van der Waals surface area contributed by atoms with Crippen molar-refractivity contribution in [3.63, 3.8) is 0 Å². The van der Waals surface area contributed by atoms with E-state index < -0.39 is 5.97 Å². The highest BCUT2D eigenvalue weighted by Gasteiger charge is 2.39. The van der Waals surface area contributed by atoms with Crippen molar-refractivity contribution >= 4 is 62.7 Å². The first-order valence-electron chi connectivity index (χ1n) is 17.2. The predicted octanol–water partition coefficient (Wildman–Crippen LogP) is 9.22. The van der Waals surface area contributed by atoms with Crippen LogP contribution in [0.5, 0.6) is 5.75 Å². The van der Waals surface area contributed by atoms with Crippen molar-refractivity contribution in [3.8, 4) is 16.9 Å². The zero-order chi connectivity index (χ0) is 36.5. The van der Waals surface area contributed by atoms with Crippen LogP contribution in [0.4, 0.5) is 5.82 Å². The number of rotatable bonds is 9. The summed E-state index contributed by atoms with van der Waals surface area (Å²) in [6.45, 7) is 11.0. The van der Waals surface area contributed by atoms with Gasteiger partial charge in [0.1, 0.15) is 17.3 Å². The molecule has 6 aromatic rings. The topological polar surface area (TPSA) is 94.5 Å². The number of carboxylic acid groups (broad SMARTS) is 1. The van der Waals surface area contributed by atoms with Gasteiger partial charge in [-0.15, -0.1) is 0 Å². The van der Waals surface area contributed by atoms with Gasteiger partial charge in [0.05, 0.1) is 40.0 Å². The quantitative estimate of drug-likeness (QED) is 0.150. The molecule has 3 aromatic heterocycles. The van der Waals surface area contributed by atoms with E-state index in [1.807, 2.05) is 92.3 Å². The molecule has 51 heavy (non-hydrogen) atoms. The number of anilines is 1. The zero-order valence-corrected chi connectivity index (χ0v) is 31.4. The fourth-order valence-corrected chi connectivity index (χ4v) is 8.31. The molecule has 0 aliphatic carbocycles. The minimum Gasteiger partial charge on any atom is -0.494 e. The van der Waals surface area contributed by atoms with Gasteiger partial charge >= 0.3 is 5.97 Å². The Kier molecular flexibility index (Phi) is 8.92. The van der Waals surface area contributed by atoms with E-state index in [0.717, 1.165) is 66.3 Å². The van der Waals surface area contributed by atoms with Crippen LogP contribution >= 0.6 is 23.2 Å². The van der Waals surface area contributed by atoms with Gasteiger partial charge in [-0.05, 0) is 94.0 Å². The smallest absolute Gasteiger partial charge is 0.337 e. The van der Waals surface area contributed by atoms with E-state index in [-0.39, 0.29) is 17.5 Å².